The monoisotopic (exact) mass is 509 g/mol. The maximum Gasteiger partial charge on any atom is 0.327 e. The quantitative estimate of drug-likeness (QED) is 0.238. The third-order valence-corrected chi connectivity index (χ3v) is 7.71. The van der Waals surface area contributed by atoms with Crippen molar-refractivity contribution in [1.82, 2.24) is 14.9 Å². The largest absolute Gasteiger partial charge is 0.457 e. The van der Waals surface area contributed by atoms with E-state index in [2.05, 4.69) is 0 Å². The van der Waals surface area contributed by atoms with Crippen molar-refractivity contribution < 1.29 is 32.7 Å². The number of nitrogens with zero attached hydrogens (tertiary/aromatic N) is 3. The van der Waals surface area contributed by atoms with E-state index in [1.165, 1.54) is 36.2 Å². The van der Waals surface area contributed by atoms with Crippen molar-refractivity contribution >= 4 is 39.8 Å². The molecule has 2 aromatic rings. The minimum Gasteiger partial charge on any atom is -0.457 e. The Kier molecular flexibility index (Phi) is 7.20. The van der Waals surface area contributed by atoms with Gasteiger partial charge in [-0.15, -0.1) is 0 Å². The van der Waals surface area contributed by atoms with Gasteiger partial charge in [-0.2, -0.15) is 0 Å². The number of hydrogen-bond acceptors (Lipinski definition) is 7. The van der Waals surface area contributed by atoms with Gasteiger partial charge in [0.15, 0.2) is 9.84 Å². The molecule has 1 atom stereocenters. The van der Waals surface area contributed by atoms with Gasteiger partial charge >= 0.3 is 6.03 Å². The van der Waals surface area contributed by atoms with Crippen LogP contribution in [0.5, 0.6) is 11.5 Å². The summed E-state index contributed by atoms with van der Waals surface area (Å²) in [6.07, 6.45) is 0.0309. The number of rotatable bonds is 9. The molecule has 1 N–H and O–H groups in total. The van der Waals surface area contributed by atoms with Crippen molar-refractivity contribution in [2.45, 2.75) is 30.3 Å². The highest BCUT2D eigenvalue weighted by Gasteiger charge is 2.50. The summed E-state index contributed by atoms with van der Waals surface area (Å²) >= 11 is 5.84. The van der Waals surface area contributed by atoms with Crippen LogP contribution in [0.1, 0.15) is 13.8 Å². The zero-order valence-corrected chi connectivity index (χ0v) is 20.3. The molecule has 3 rings (SSSR count). The average molecular weight is 510 g/mol. The van der Waals surface area contributed by atoms with Gasteiger partial charge in [-0.3, -0.25) is 19.7 Å². The molecule has 12 heteroatoms. The van der Waals surface area contributed by atoms with Crippen molar-refractivity contribution in [2.24, 2.45) is 0 Å². The van der Waals surface area contributed by atoms with E-state index in [1.807, 2.05) is 0 Å². The Bertz CT molecular complexity index is 1180. The number of carbonyl (C=O) groups is 3. The molecule has 0 bridgehead atoms. The number of benzene rings is 2. The number of carbonyl (C=O) groups excluding carboxylic acids is 3. The maximum atomic E-state index is 13.0. The summed E-state index contributed by atoms with van der Waals surface area (Å²) < 4.78 is 31.6. The second-order valence-electron chi connectivity index (χ2n) is 8.26. The number of imide groups is 1. The average Bonchev–Trinajstić information content (AvgIpc) is 2.94. The van der Waals surface area contributed by atoms with E-state index >= 15 is 0 Å². The fraction of sp³-hybridized carbons (Fsp3) is 0.318. The highest BCUT2D eigenvalue weighted by atomic mass is 35.5. The summed E-state index contributed by atoms with van der Waals surface area (Å²) in [4.78, 5) is 38.3. The lowest BCUT2D eigenvalue weighted by Gasteiger charge is -2.26. The molecule has 0 aliphatic carbocycles. The molecule has 1 aliphatic heterocycles. The van der Waals surface area contributed by atoms with E-state index in [4.69, 9.17) is 16.3 Å². The Labute approximate surface area is 202 Å². The lowest BCUT2D eigenvalue weighted by atomic mass is 10.1. The molecule has 0 saturated carbocycles. The van der Waals surface area contributed by atoms with Crippen LogP contribution in [0.4, 0.5) is 4.79 Å². The standard InChI is InChI=1S/C22H24ClN3O7S/c1-22(2)20(28)25(21(29)24(22)3)12-16(26(30)14-27)13-34(31,32)19-10-8-18(9-11-19)33-17-6-4-15(23)5-7-17/h4-11,14,16,30H,12-13H2,1-3H3/t16-/m0/s1. The molecule has 0 radical (unpaired) electrons. The molecular weight excluding hydrogens is 486 g/mol. The third kappa shape index (κ3) is 5.16. The van der Waals surface area contributed by atoms with Crippen LogP contribution in [0.15, 0.2) is 53.4 Å². The molecule has 10 nitrogen and oxygen atoms in total. The number of sulfone groups is 1. The maximum absolute atomic E-state index is 13.0. The van der Waals surface area contributed by atoms with Crippen molar-refractivity contribution in [3.63, 3.8) is 0 Å². The summed E-state index contributed by atoms with van der Waals surface area (Å²) in [5, 5.41) is 10.7. The van der Waals surface area contributed by atoms with Crippen LogP contribution >= 0.6 is 11.6 Å². The Hall–Kier alpha value is -3.15. The van der Waals surface area contributed by atoms with Gasteiger partial charge in [-0.25, -0.2) is 18.3 Å². The number of hydroxylamine groups is 2. The Morgan fingerprint density at radius 2 is 1.62 bits per heavy atom. The van der Waals surface area contributed by atoms with Crippen LogP contribution in [0.2, 0.25) is 5.02 Å². The fourth-order valence-corrected chi connectivity index (χ4v) is 4.99. The molecule has 182 valence electrons. The number of hydrogen-bond donors (Lipinski definition) is 1. The van der Waals surface area contributed by atoms with Gasteiger partial charge in [0.1, 0.15) is 17.0 Å². The van der Waals surface area contributed by atoms with Crippen LogP contribution in [0.25, 0.3) is 0 Å². The minimum absolute atomic E-state index is 0.0309. The molecule has 1 fully saturated rings. The van der Waals surface area contributed by atoms with Gasteiger partial charge in [0.05, 0.1) is 23.2 Å². The van der Waals surface area contributed by atoms with E-state index in [-0.39, 0.29) is 16.4 Å². The Morgan fingerprint density at radius 3 is 2.09 bits per heavy atom. The second kappa shape index (κ2) is 9.61. The van der Waals surface area contributed by atoms with E-state index in [9.17, 15) is 28.0 Å². The van der Waals surface area contributed by atoms with Gasteiger partial charge < -0.3 is 9.64 Å². The fourth-order valence-electron chi connectivity index (χ4n) is 3.35. The van der Waals surface area contributed by atoms with Crippen molar-refractivity contribution in [3.05, 3.63) is 53.6 Å². The molecule has 34 heavy (non-hydrogen) atoms. The van der Waals surface area contributed by atoms with Gasteiger partial charge in [-0.05, 0) is 62.4 Å². The zero-order valence-electron chi connectivity index (χ0n) is 18.7. The number of halogens is 1. The van der Waals surface area contributed by atoms with Gasteiger partial charge in [-0.1, -0.05) is 11.6 Å². The lowest BCUT2D eigenvalue weighted by Crippen LogP contribution is -2.48. The van der Waals surface area contributed by atoms with Crippen LogP contribution in [0.3, 0.4) is 0 Å². The van der Waals surface area contributed by atoms with Gasteiger partial charge in [0.25, 0.3) is 5.91 Å². The molecule has 1 aliphatic rings. The highest BCUT2D eigenvalue weighted by Crippen LogP contribution is 2.28. The summed E-state index contributed by atoms with van der Waals surface area (Å²) in [6, 6.07) is 10.2. The molecule has 0 unspecified atom stereocenters. The molecule has 2 aromatic carbocycles. The van der Waals surface area contributed by atoms with Crippen LogP contribution in [-0.4, -0.2) is 77.8 Å². The zero-order chi connectivity index (χ0) is 25.3. The van der Waals surface area contributed by atoms with Gasteiger partial charge in [0.2, 0.25) is 6.41 Å². The first kappa shape index (κ1) is 25.5. The Morgan fingerprint density at radius 1 is 1.09 bits per heavy atom. The number of urea groups is 1. The first-order valence-corrected chi connectivity index (χ1v) is 12.2. The molecule has 4 amide bonds. The Balaban J connectivity index is 1.77. The SMILES string of the molecule is CN1C(=O)N(C[C@@H](CS(=O)(=O)c2ccc(Oc3ccc(Cl)cc3)cc2)N(O)C=O)C(=O)C1(C)C. The molecule has 1 heterocycles. The van der Waals surface area contributed by atoms with Crippen LogP contribution in [0, 0.1) is 0 Å². The van der Waals surface area contributed by atoms with Crippen LogP contribution in [-0.2, 0) is 19.4 Å². The summed E-state index contributed by atoms with van der Waals surface area (Å²) in [5.74, 6) is -0.394. The molecule has 1 saturated heterocycles. The van der Waals surface area contributed by atoms with E-state index in [0.29, 0.717) is 16.5 Å². The van der Waals surface area contributed by atoms with E-state index < -0.39 is 45.7 Å². The number of ether oxygens (including phenoxy) is 1. The summed E-state index contributed by atoms with van der Waals surface area (Å²) in [6.45, 7) is 2.60. The topological polar surface area (TPSA) is 125 Å². The molecule has 0 aromatic heterocycles. The number of likely N-dealkylation sites (N-methyl/N-ethyl adjacent to an activating group) is 1. The van der Waals surface area contributed by atoms with E-state index in [0.717, 1.165) is 4.90 Å². The smallest absolute Gasteiger partial charge is 0.327 e. The van der Waals surface area contributed by atoms with E-state index in [1.54, 1.807) is 38.1 Å². The first-order valence-electron chi connectivity index (χ1n) is 10.2. The van der Waals surface area contributed by atoms with Gasteiger partial charge in [0, 0.05) is 12.1 Å². The third-order valence-electron chi connectivity index (χ3n) is 5.64. The predicted octanol–water partition coefficient (Wildman–Crippen LogP) is 2.79. The molecule has 0 spiro atoms. The van der Waals surface area contributed by atoms with Crippen molar-refractivity contribution in [1.29, 1.82) is 0 Å². The predicted molar refractivity (Wildman–Crippen MR) is 122 cm³/mol. The van der Waals surface area contributed by atoms with Crippen molar-refractivity contribution in [3.8, 4) is 11.5 Å². The minimum atomic E-state index is -4.03. The molecular formula is C22H24ClN3O7S. The normalized spacial score (nSPS) is 16.5. The summed E-state index contributed by atoms with van der Waals surface area (Å²) in [5.41, 5.74) is -1.14. The second-order valence-corrected chi connectivity index (χ2v) is 10.7. The highest BCUT2D eigenvalue weighted by molar-refractivity contribution is 7.91. The summed E-state index contributed by atoms with van der Waals surface area (Å²) in [7, 11) is -2.58. The first-order chi connectivity index (χ1) is 15.9. The lowest BCUT2D eigenvalue weighted by molar-refractivity contribution is -0.160. The number of amides is 4. The van der Waals surface area contributed by atoms with Crippen molar-refractivity contribution in [2.75, 3.05) is 19.3 Å². The van der Waals surface area contributed by atoms with Crippen LogP contribution < -0.4 is 4.74 Å².